The van der Waals surface area contributed by atoms with Crippen molar-refractivity contribution in [3.63, 3.8) is 0 Å². The third kappa shape index (κ3) is 2.79. The van der Waals surface area contributed by atoms with Crippen molar-refractivity contribution in [3.8, 4) is 0 Å². The molecule has 0 spiro atoms. The molecule has 6 heteroatoms. The smallest absolute Gasteiger partial charge is 0.282 e. The number of anilines is 1. The molecule has 0 aliphatic carbocycles. The summed E-state index contributed by atoms with van der Waals surface area (Å²) in [5, 5.41) is 16.0. The predicted molar refractivity (Wildman–Crippen MR) is 62.0 cm³/mol. The molecular formula is C9H14BrN3O2. The number of halogens is 1. The SMILES string of the molecule is CCC(CO)Nc1cnn(C)c(=O)c1Br. The van der Waals surface area contributed by atoms with Crippen LogP contribution in [0.5, 0.6) is 0 Å². The first-order valence-corrected chi connectivity index (χ1v) is 5.48. The highest BCUT2D eigenvalue weighted by Gasteiger charge is 2.10. The summed E-state index contributed by atoms with van der Waals surface area (Å²) in [6, 6.07) is -0.0600. The molecule has 1 aromatic heterocycles. The number of nitrogens with one attached hydrogen (secondary N) is 1. The lowest BCUT2D eigenvalue weighted by molar-refractivity contribution is 0.271. The first-order valence-electron chi connectivity index (χ1n) is 4.69. The first kappa shape index (κ1) is 12.2. The second kappa shape index (κ2) is 5.27. The van der Waals surface area contributed by atoms with Crippen LogP contribution < -0.4 is 10.9 Å². The van der Waals surface area contributed by atoms with Crippen LogP contribution >= 0.6 is 15.9 Å². The molecule has 0 aromatic carbocycles. The first-order chi connectivity index (χ1) is 7.10. The topological polar surface area (TPSA) is 67.2 Å². The Balaban J connectivity index is 2.96. The molecule has 1 aromatic rings. The lowest BCUT2D eigenvalue weighted by atomic mass is 10.2. The molecule has 0 radical (unpaired) electrons. The van der Waals surface area contributed by atoms with Crippen molar-refractivity contribution in [1.82, 2.24) is 9.78 Å². The normalized spacial score (nSPS) is 12.5. The number of aromatic nitrogens is 2. The number of hydrogen-bond donors (Lipinski definition) is 2. The lowest BCUT2D eigenvalue weighted by Gasteiger charge is -2.16. The quantitative estimate of drug-likeness (QED) is 0.850. The zero-order valence-electron chi connectivity index (χ0n) is 8.70. The molecule has 5 nitrogen and oxygen atoms in total. The lowest BCUT2D eigenvalue weighted by Crippen LogP contribution is -2.26. The minimum absolute atomic E-state index is 0.0259. The predicted octanol–water partition coefficient (Wildman–Crippen LogP) is 0.726. The minimum Gasteiger partial charge on any atom is -0.394 e. The van der Waals surface area contributed by atoms with Crippen LogP contribution in [0.4, 0.5) is 5.69 Å². The highest BCUT2D eigenvalue weighted by Crippen LogP contribution is 2.17. The summed E-state index contributed by atoms with van der Waals surface area (Å²) in [4.78, 5) is 11.5. The Morgan fingerprint density at radius 1 is 1.73 bits per heavy atom. The minimum atomic E-state index is -0.201. The van der Waals surface area contributed by atoms with Crippen molar-refractivity contribution in [2.45, 2.75) is 19.4 Å². The van der Waals surface area contributed by atoms with E-state index in [0.29, 0.717) is 10.2 Å². The summed E-state index contributed by atoms with van der Waals surface area (Å²) in [7, 11) is 1.58. The summed E-state index contributed by atoms with van der Waals surface area (Å²) in [5.74, 6) is 0. The Hall–Kier alpha value is -0.880. The molecule has 0 fully saturated rings. The largest absolute Gasteiger partial charge is 0.394 e. The summed E-state index contributed by atoms with van der Waals surface area (Å²) in [6.07, 6.45) is 2.34. The van der Waals surface area contributed by atoms with Gasteiger partial charge in [-0.2, -0.15) is 5.10 Å². The monoisotopic (exact) mass is 275 g/mol. The molecule has 0 bridgehead atoms. The number of aryl methyl sites for hydroxylation is 1. The van der Waals surface area contributed by atoms with Gasteiger partial charge < -0.3 is 10.4 Å². The number of aliphatic hydroxyl groups is 1. The fourth-order valence-electron chi connectivity index (χ4n) is 1.11. The van der Waals surface area contributed by atoms with Crippen LogP contribution in [0.1, 0.15) is 13.3 Å². The molecular weight excluding hydrogens is 262 g/mol. The van der Waals surface area contributed by atoms with Gasteiger partial charge in [0.15, 0.2) is 0 Å². The van der Waals surface area contributed by atoms with Crippen LogP contribution in [0, 0.1) is 0 Å². The van der Waals surface area contributed by atoms with E-state index in [2.05, 4.69) is 26.3 Å². The fourth-order valence-corrected chi connectivity index (χ4v) is 1.58. The summed E-state index contributed by atoms with van der Waals surface area (Å²) in [5.41, 5.74) is 0.409. The fraction of sp³-hybridized carbons (Fsp3) is 0.556. The van der Waals surface area contributed by atoms with Crippen LogP contribution in [0.3, 0.4) is 0 Å². The van der Waals surface area contributed by atoms with Crippen molar-refractivity contribution in [3.05, 3.63) is 21.0 Å². The molecule has 0 saturated carbocycles. The number of hydrogen-bond acceptors (Lipinski definition) is 4. The van der Waals surface area contributed by atoms with Gasteiger partial charge in [-0.1, -0.05) is 6.92 Å². The second-order valence-corrected chi connectivity index (χ2v) is 4.03. The van der Waals surface area contributed by atoms with Gasteiger partial charge in [0.05, 0.1) is 18.5 Å². The van der Waals surface area contributed by atoms with Gasteiger partial charge in [-0.05, 0) is 22.4 Å². The molecule has 2 N–H and O–H groups in total. The van der Waals surface area contributed by atoms with E-state index in [1.165, 1.54) is 4.68 Å². The average Bonchev–Trinajstić information content (AvgIpc) is 2.25. The van der Waals surface area contributed by atoms with E-state index < -0.39 is 0 Å². The molecule has 84 valence electrons. The Morgan fingerprint density at radius 2 is 2.40 bits per heavy atom. The van der Waals surface area contributed by atoms with Gasteiger partial charge in [0.25, 0.3) is 5.56 Å². The third-order valence-corrected chi connectivity index (χ3v) is 2.92. The van der Waals surface area contributed by atoms with Gasteiger partial charge in [0, 0.05) is 13.1 Å². The summed E-state index contributed by atoms with van der Waals surface area (Å²) >= 11 is 3.20. The molecule has 0 aliphatic rings. The van der Waals surface area contributed by atoms with E-state index in [-0.39, 0.29) is 18.2 Å². The van der Waals surface area contributed by atoms with Crippen molar-refractivity contribution in [2.75, 3.05) is 11.9 Å². The van der Waals surface area contributed by atoms with Crippen molar-refractivity contribution in [1.29, 1.82) is 0 Å². The van der Waals surface area contributed by atoms with Crippen molar-refractivity contribution < 1.29 is 5.11 Å². The van der Waals surface area contributed by atoms with Gasteiger partial charge in [-0.15, -0.1) is 0 Å². The Bertz CT molecular complexity index is 387. The van der Waals surface area contributed by atoms with Crippen molar-refractivity contribution in [2.24, 2.45) is 7.05 Å². The zero-order valence-corrected chi connectivity index (χ0v) is 10.3. The summed E-state index contributed by atoms with van der Waals surface area (Å²) in [6.45, 7) is 1.98. The van der Waals surface area contributed by atoms with E-state index in [1.807, 2.05) is 6.92 Å². The zero-order chi connectivity index (χ0) is 11.4. The van der Waals surface area contributed by atoms with Gasteiger partial charge in [0.1, 0.15) is 4.47 Å². The highest BCUT2D eigenvalue weighted by molar-refractivity contribution is 9.10. The third-order valence-electron chi connectivity index (χ3n) is 2.15. The Morgan fingerprint density at radius 3 is 2.93 bits per heavy atom. The molecule has 0 amide bonds. The van der Waals surface area contributed by atoms with Crippen LogP contribution in [0.2, 0.25) is 0 Å². The van der Waals surface area contributed by atoms with Gasteiger partial charge in [0.2, 0.25) is 0 Å². The van der Waals surface area contributed by atoms with E-state index in [4.69, 9.17) is 5.11 Å². The molecule has 1 atom stereocenters. The maximum atomic E-state index is 11.5. The number of aliphatic hydroxyl groups excluding tert-OH is 1. The number of nitrogens with zero attached hydrogens (tertiary/aromatic N) is 2. The molecule has 1 rings (SSSR count). The van der Waals surface area contributed by atoms with Crippen LogP contribution in [-0.2, 0) is 7.05 Å². The van der Waals surface area contributed by atoms with E-state index in [0.717, 1.165) is 6.42 Å². The highest BCUT2D eigenvalue weighted by atomic mass is 79.9. The van der Waals surface area contributed by atoms with E-state index in [1.54, 1.807) is 13.2 Å². The van der Waals surface area contributed by atoms with Gasteiger partial charge >= 0.3 is 0 Å². The van der Waals surface area contributed by atoms with E-state index >= 15 is 0 Å². The summed E-state index contributed by atoms with van der Waals surface area (Å²) < 4.78 is 1.68. The molecule has 1 heterocycles. The molecule has 0 saturated heterocycles. The average molecular weight is 276 g/mol. The van der Waals surface area contributed by atoms with Crippen LogP contribution in [-0.4, -0.2) is 27.5 Å². The van der Waals surface area contributed by atoms with Crippen molar-refractivity contribution >= 4 is 21.6 Å². The van der Waals surface area contributed by atoms with Gasteiger partial charge in [-0.3, -0.25) is 4.79 Å². The Kier molecular flexibility index (Phi) is 4.28. The van der Waals surface area contributed by atoms with Crippen LogP contribution in [0.15, 0.2) is 15.5 Å². The van der Waals surface area contributed by atoms with Gasteiger partial charge in [-0.25, -0.2) is 4.68 Å². The second-order valence-electron chi connectivity index (χ2n) is 3.23. The standard InChI is InChI=1S/C9H14BrN3O2/c1-3-6(5-14)12-7-4-11-13(2)9(15)8(7)10/h4,6,12,14H,3,5H2,1-2H3. The number of rotatable bonds is 4. The molecule has 0 aliphatic heterocycles. The maximum Gasteiger partial charge on any atom is 0.282 e. The van der Waals surface area contributed by atoms with E-state index in [9.17, 15) is 4.79 Å². The Labute approximate surface area is 96.2 Å². The maximum absolute atomic E-state index is 11.5. The molecule has 1 unspecified atom stereocenters. The molecule has 15 heavy (non-hydrogen) atoms. The van der Waals surface area contributed by atoms with Crippen LogP contribution in [0.25, 0.3) is 0 Å².